The number of likely N-dealkylation sites (N-methyl/N-ethyl adjacent to an activating group) is 1. The van der Waals surface area contributed by atoms with Crippen LogP contribution >= 0.6 is 27.5 Å². The van der Waals surface area contributed by atoms with Gasteiger partial charge in [0.1, 0.15) is 6.04 Å². The third-order valence-corrected chi connectivity index (χ3v) is 3.50. The predicted molar refractivity (Wildman–Crippen MR) is 72.4 cm³/mol. The first kappa shape index (κ1) is 14.5. The molecule has 0 amide bonds. The maximum atomic E-state index is 11.4. The lowest BCUT2D eigenvalue weighted by Gasteiger charge is -2.27. The first-order valence-corrected chi connectivity index (χ1v) is 6.60. The van der Waals surface area contributed by atoms with Gasteiger partial charge in [-0.25, -0.2) is 0 Å². The Balaban J connectivity index is 3.22. The molecule has 1 unspecified atom stereocenters. The highest BCUT2D eigenvalue weighted by molar-refractivity contribution is 9.10. The van der Waals surface area contributed by atoms with Gasteiger partial charge < -0.3 is 5.11 Å². The Labute approximate surface area is 115 Å². The third kappa shape index (κ3) is 3.44. The zero-order chi connectivity index (χ0) is 13.0. The zero-order valence-electron chi connectivity index (χ0n) is 9.78. The predicted octanol–water partition coefficient (Wildman–Crippen LogP) is 3.57. The van der Waals surface area contributed by atoms with Crippen molar-refractivity contribution in [3.8, 4) is 0 Å². The van der Waals surface area contributed by atoms with Crippen LogP contribution in [0.5, 0.6) is 0 Å². The van der Waals surface area contributed by atoms with Crippen LogP contribution in [-0.2, 0) is 4.79 Å². The highest BCUT2D eigenvalue weighted by Gasteiger charge is 2.27. The number of carboxylic acids is 1. The maximum absolute atomic E-state index is 11.4. The molecule has 1 aromatic carbocycles. The molecule has 0 aromatic heterocycles. The van der Waals surface area contributed by atoms with Crippen LogP contribution < -0.4 is 0 Å². The second-order valence-electron chi connectivity index (χ2n) is 3.63. The molecule has 0 saturated carbocycles. The van der Waals surface area contributed by atoms with E-state index >= 15 is 0 Å². The van der Waals surface area contributed by atoms with Gasteiger partial charge in [-0.2, -0.15) is 0 Å². The van der Waals surface area contributed by atoms with E-state index < -0.39 is 12.0 Å². The highest BCUT2D eigenvalue weighted by atomic mass is 79.9. The van der Waals surface area contributed by atoms with Crippen molar-refractivity contribution in [2.24, 2.45) is 0 Å². The summed E-state index contributed by atoms with van der Waals surface area (Å²) in [6, 6.07) is 4.57. The SMILES string of the molecule is CCN(CC)C(C(=O)O)c1cc(Br)ccc1Cl. The van der Waals surface area contributed by atoms with E-state index in [1.165, 1.54) is 0 Å². The molecule has 1 aromatic rings. The number of halogens is 2. The van der Waals surface area contributed by atoms with Gasteiger partial charge in [0.05, 0.1) is 0 Å². The van der Waals surface area contributed by atoms with Crippen LogP contribution in [0.15, 0.2) is 22.7 Å². The summed E-state index contributed by atoms with van der Waals surface area (Å²) in [5.74, 6) is -0.881. The van der Waals surface area contributed by atoms with E-state index in [1.54, 1.807) is 18.2 Å². The Bertz CT molecular complexity index is 407. The average Bonchev–Trinajstić information content (AvgIpc) is 2.29. The summed E-state index contributed by atoms with van der Waals surface area (Å²) in [5, 5.41) is 9.84. The fraction of sp³-hybridized carbons (Fsp3) is 0.417. The van der Waals surface area contributed by atoms with E-state index in [0.29, 0.717) is 23.7 Å². The highest BCUT2D eigenvalue weighted by Crippen LogP contribution is 2.30. The molecule has 0 radical (unpaired) electrons. The number of rotatable bonds is 5. The quantitative estimate of drug-likeness (QED) is 0.901. The van der Waals surface area contributed by atoms with Gasteiger partial charge in [-0.1, -0.05) is 41.4 Å². The largest absolute Gasteiger partial charge is 0.480 e. The molecule has 0 aliphatic carbocycles. The molecular weight excluding hydrogens is 305 g/mol. The van der Waals surface area contributed by atoms with Gasteiger partial charge in [0, 0.05) is 15.1 Å². The lowest BCUT2D eigenvalue weighted by molar-refractivity contribution is -0.143. The van der Waals surface area contributed by atoms with Crippen LogP contribution in [0.3, 0.4) is 0 Å². The van der Waals surface area contributed by atoms with E-state index in [2.05, 4.69) is 15.9 Å². The molecule has 0 bridgehead atoms. The number of hydrogen-bond acceptors (Lipinski definition) is 2. The molecule has 1 N–H and O–H groups in total. The minimum atomic E-state index is -0.881. The van der Waals surface area contributed by atoms with Gasteiger partial charge in [-0.05, 0) is 31.3 Å². The van der Waals surface area contributed by atoms with Gasteiger partial charge in [0.15, 0.2) is 0 Å². The minimum Gasteiger partial charge on any atom is -0.480 e. The smallest absolute Gasteiger partial charge is 0.325 e. The summed E-state index contributed by atoms with van der Waals surface area (Å²) in [6.45, 7) is 5.20. The topological polar surface area (TPSA) is 40.5 Å². The molecule has 3 nitrogen and oxygen atoms in total. The van der Waals surface area contributed by atoms with Crippen LogP contribution in [-0.4, -0.2) is 29.1 Å². The monoisotopic (exact) mass is 319 g/mol. The van der Waals surface area contributed by atoms with Crippen molar-refractivity contribution < 1.29 is 9.90 Å². The molecule has 5 heteroatoms. The van der Waals surface area contributed by atoms with Crippen LogP contribution in [0.2, 0.25) is 5.02 Å². The average molecular weight is 321 g/mol. The van der Waals surface area contributed by atoms with Gasteiger partial charge in [0.25, 0.3) is 0 Å². The Morgan fingerprint density at radius 1 is 1.47 bits per heavy atom. The number of hydrogen-bond donors (Lipinski definition) is 1. The fourth-order valence-electron chi connectivity index (χ4n) is 1.80. The first-order valence-electron chi connectivity index (χ1n) is 5.43. The number of nitrogens with zero attached hydrogens (tertiary/aromatic N) is 1. The number of aliphatic carboxylic acids is 1. The van der Waals surface area contributed by atoms with E-state index in [-0.39, 0.29) is 0 Å². The molecule has 1 atom stereocenters. The van der Waals surface area contributed by atoms with Crippen molar-refractivity contribution in [2.75, 3.05) is 13.1 Å². The molecule has 0 heterocycles. The fourth-order valence-corrected chi connectivity index (χ4v) is 2.40. The summed E-state index contributed by atoms with van der Waals surface area (Å²) in [6.07, 6.45) is 0. The van der Waals surface area contributed by atoms with Gasteiger partial charge in [-0.15, -0.1) is 0 Å². The number of carboxylic acid groups (broad SMARTS) is 1. The Hall–Kier alpha value is -0.580. The molecule has 0 fully saturated rings. The van der Waals surface area contributed by atoms with Gasteiger partial charge in [-0.3, -0.25) is 9.69 Å². The van der Waals surface area contributed by atoms with E-state index in [4.69, 9.17) is 11.6 Å². The molecule has 0 spiro atoms. The van der Waals surface area contributed by atoms with Gasteiger partial charge >= 0.3 is 5.97 Å². The molecule has 0 saturated heterocycles. The normalized spacial score (nSPS) is 12.8. The van der Waals surface area contributed by atoms with Crippen molar-refractivity contribution in [1.82, 2.24) is 4.90 Å². The molecular formula is C12H15BrClNO2. The summed E-state index contributed by atoms with van der Waals surface area (Å²) < 4.78 is 0.829. The third-order valence-electron chi connectivity index (χ3n) is 2.66. The van der Waals surface area contributed by atoms with Crippen LogP contribution in [0.1, 0.15) is 25.5 Å². The maximum Gasteiger partial charge on any atom is 0.325 e. The van der Waals surface area contributed by atoms with E-state index in [0.717, 1.165) is 4.47 Å². The van der Waals surface area contributed by atoms with E-state index in [9.17, 15) is 9.90 Å². The Morgan fingerprint density at radius 2 is 2.06 bits per heavy atom. The molecule has 94 valence electrons. The van der Waals surface area contributed by atoms with Crippen molar-refractivity contribution in [3.63, 3.8) is 0 Å². The van der Waals surface area contributed by atoms with Crippen LogP contribution in [0.4, 0.5) is 0 Å². The first-order chi connectivity index (χ1) is 8.01. The summed E-state index contributed by atoms with van der Waals surface area (Å²) in [4.78, 5) is 13.3. The lowest BCUT2D eigenvalue weighted by Crippen LogP contribution is -2.34. The molecule has 0 aliphatic heterocycles. The number of benzene rings is 1. The molecule has 1 rings (SSSR count). The lowest BCUT2D eigenvalue weighted by atomic mass is 10.1. The van der Waals surface area contributed by atoms with Gasteiger partial charge in [0.2, 0.25) is 0 Å². The van der Waals surface area contributed by atoms with Crippen LogP contribution in [0.25, 0.3) is 0 Å². The van der Waals surface area contributed by atoms with Crippen LogP contribution in [0, 0.1) is 0 Å². The second kappa shape index (κ2) is 6.38. The second-order valence-corrected chi connectivity index (χ2v) is 4.95. The summed E-state index contributed by atoms with van der Waals surface area (Å²) in [5.41, 5.74) is 0.622. The standard InChI is InChI=1S/C12H15BrClNO2/c1-3-15(4-2)11(12(16)17)9-7-8(13)5-6-10(9)14/h5-7,11H,3-4H2,1-2H3,(H,16,17). The molecule has 0 aliphatic rings. The number of carbonyl (C=O) groups is 1. The Morgan fingerprint density at radius 3 is 2.53 bits per heavy atom. The van der Waals surface area contributed by atoms with E-state index in [1.807, 2.05) is 18.7 Å². The summed E-state index contributed by atoms with van der Waals surface area (Å²) in [7, 11) is 0. The Kier molecular flexibility index (Phi) is 5.43. The summed E-state index contributed by atoms with van der Waals surface area (Å²) >= 11 is 9.42. The minimum absolute atomic E-state index is 0.479. The van der Waals surface area contributed by atoms with Crippen molar-refractivity contribution >= 4 is 33.5 Å². The van der Waals surface area contributed by atoms with Crippen molar-refractivity contribution in [1.29, 1.82) is 0 Å². The molecule has 17 heavy (non-hydrogen) atoms. The van der Waals surface area contributed by atoms with Crippen molar-refractivity contribution in [3.05, 3.63) is 33.3 Å². The van der Waals surface area contributed by atoms with Crippen molar-refractivity contribution in [2.45, 2.75) is 19.9 Å². The zero-order valence-corrected chi connectivity index (χ0v) is 12.1.